The number of halogens is 1. The van der Waals surface area contributed by atoms with E-state index in [1.165, 1.54) is 6.07 Å². The minimum Gasteiger partial charge on any atom is -0.502 e. The number of phenols is 1. The maximum atomic E-state index is 13.8. The summed E-state index contributed by atoms with van der Waals surface area (Å²) in [5, 5.41) is 24.4. The highest BCUT2D eigenvalue weighted by atomic mass is 19.1. The monoisotopic (exact) mass is 309 g/mol. The van der Waals surface area contributed by atoms with Crippen LogP contribution in [-0.2, 0) is 0 Å². The van der Waals surface area contributed by atoms with Crippen molar-refractivity contribution < 1.29 is 14.4 Å². The number of allylic oxidation sites excluding steroid dienone is 1. The molecule has 0 aliphatic carbocycles. The van der Waals surface area contributed by atoms with Gasteiger partial charge in [0.15, 0.2) is 5.75 Å². The van der Waals surface area contributed by atoms with Gasteiger partial charge >= 0.3 is 5.69 Å². The zero-order chi connectivity index (χ0) is 16.1. The maximum Gasteiger partial charge on any atom is 0.313 e. The summed E-state index contributed by atoms with van der Waals surface area (Å²) in [5.74, 6) is -1.16. The molecule has 0 radical (unpaired) electrons. The van der Waals surface area contributed by atoms with Crippen molar-refractivity contribution in [2.24, 2.45) is 0 Å². The molecule has 1 fully saturated rings. The molecule has 120 valence electrons. The van der Waals surface area contributed by atoms with Crippen LogP contribution in [-0.4, -0.2) is 41.1 Å². The van der Waals surface area contributed by atoms with Crippen molar-refractivity contribution in [1.29, 1.82) is 0 Å². The van der Waals surface area contributed by atoms with Crippen LogP contribution < -0.4 is 5.32 Å². The molecule has 0 bridgehead atoms. The first kappa shape index (κ1) is 16.4. The number of nitro groups is 1. The minimum atomic E-state index is -0.760. The lowest BCUT2D eigenvalue weighted by molar-refractivity contribution is -0.386. The number of nitrogens with zero attached hydrogens (tertiary/aromatic N) is 2. The molecule has 0 aromatic heterocycles. The summed E-state index contributed by atoms with van der Waals surface area (Å²) in [6.07, 6.45) is 3.05. The van der Waals surface area contributed by atoms with Crippen molar-refractivity contribution in [1.82, 2.24) is 10.2 Å². The predicted octanol–water partition coefficient (Wildman–Crippen LogP) is 2.35. The van der Waals surface area contributed by atoms with E-state index in [1.807, 2.05) is 0 Å². The van der Waals surface area contributed by atoms with Crippen LogP contribution in [0, 0.1) is 15.9 Å². The van der Waals surface area contributed by atoms with Gasteiger partial charge in [-0.2, -0.15) is 0 Å². The van der Waals surface area contributed by atoms with E-state index >= 15 is 0 Å². The Morgan fingerprint density at radius 2 is 2.18 bits per heavy atom. The van der Waals surface area contributed by atoms with Gasteiger partial charge in [-0.05, 0) is 18.9 Å². The second kappa shape index (κ2) is 7.33. The smallest absolute Gasteiger partial charge is 0.313 e. The van der Waals surface area contributed by atoms with Crippen LogP contribution >= 0.6 is 0 Å². The number of nitro benzene ring substituents is 1. The fourth-order valence-corrected chi connectivity index (χ4v) is 2.80. The standard InChI is InChI=1S/C15H20FN3O3/c1-2-3-4-13(18-7-5-17-6-8-18)12-9-11(16)10-14(15(12)20)19(21)22/h2,9-10,13,17,20H,1,3-8H2/t13-/m0/s1. The number of hydrogen-bond acceptors (Lipinski definition) is 5. The molecule has 6 nitrogen and oxygen atoms in total. The van der Waals surface area contributed by atoms with Gasteiger partial charge in [0.25, 0.3) is 0 Å². The number of piperazine rings is 1. The molecule has 1 aromatic rings. The van der Waals surface area contributed by atoms with E-state index in [-0.39, 0.29) is 11.6 Å². The molecule has 1 atom stereocenters. The lowest BCUT2D eigenvalue weighted by Crippen LogP contribution is -2.45. The van der Waals surface area contributed by atoms with Crippen molar-refractivity contribution in [2.45, 2.75) is 18.9 Å². The van der Waals surface area contributed by atoms with E-state index in [0.29, 0.717) is 12.8 Å². The van der Waals surface area contributed by atoms with Gasteiger partial charge in [0.1, 0.15) is 5.82 Å². The lowest BCUT2D eigenvalue weighted by Gasteiger charge is -2.35. The Bertz CT molecular complexity index is 559. The molecule has 0 spiro atoms. The minimum absolute atomic E-state index is 0.269. The van der Waals surface area contributed by atoms with Crippen molar-refractivity contribution in [3.05, 3.63) is 46.3 Å². The van der Waals surface area contributed by atoms with Gasteiger partial charge in [-0.1, -0.05) is 6.08 Å². The summed E-state index contributed by atoms with van der Waals surface area (Å²) in [7, 11) is 0. The van der Waals surface area contributed by atoms with Gasteiger partial charge in [-0.3, -0.25) is 15.0 Å². The third kappa shape index (κ3) is 3.61. The van der Waals surface area contributed by atoms with Gasteiger partial charge in [-0.15, -0.1) is 6.58 Å². The van der Waals surface area contributed by atoms with Crippen molar-refractivity contribution in [2.75, 3.05) is 26.2 Å². The quantitative estimate of drug-likeness (QED) is 0.479. The Labute approximate surface area is 128 Å². The van der Waals surface area contributed by atoms with Crippen LogP contribution in [0.1, 0.15) is 24.4 Å². The molecule has 1 heterocycles. The lowest BCUT2D eigenvalue weighted by atomic mass is 9.97. The molecule has 1 aromatic carbocycles. The fourth-order valence-electron chi connectivity index (χ4n) is 2.80. The predicted molar refractivity (Wildman–Crippen MR) is 81.3 cm³/mol. The molecule has 1 saturated heterocycles. The maximum absolute atomic E-state index is 13.8. The van der Waals surface area contributed by atoms with E-state index in [0.717, 1.165) is 32.2 Å². The Morgan fingerprint density at radius 1 is 1.50 bits per heavy atom. The summed E-state index contributed by atoms with van der Waals surface area (Å²) in [6.45, 7) is 6.75. The normalized spacial score (nSPS) is 17.1. The molecule has 7 heteroatoms. The van der Waals surface area contributed by atoms with Crippen molar-refractivity contribution in [3.8, 4) is 5.75 Å². The topological polar surface area (TPSA) is 78.6 Å². The van der Waals surface area contributed by atoms with Crippen LogP contribution in [0.2, 0.25) is 0 Å². The molecule has 0 amide bonds. The first-order valence-corrected chi connectivity index (χ1v) is 7.27. The third-order valence-electron chi connectivity index (χ3n) is 3.88. The molecule has 2 N–H and O–H groups in total. The fraction of sp³-hybridized carbons (Fsp3) is 0.467. The van der Waals surface area contributed by atoms with Crippen molar-refractivity contribution >= 4 is 5.69 Å². The number of aromatic hydroxyl groups is 1. The summed E-state index contributed by atoms with van der Waals surface area (Å²) in [5.41, 5.74) is -0.316. The molecular weight excluding hydrogens is 289 g/mol. The van der Waals surface area contributed by atoms with Crippen LogP contribution in [0.3, 0.4) is 0 Å². The number of rotatable bonds is 6. The number of nitrogens with one attached hydrogen (secondary N) is 1. The average Bonchev–Trinajstić information content (AvgIpc) is 2.51. The van der Waals surface area contributed by atoms with Crippen LogP contribution in [0.4, 0.5) is 10.1 Å². The molecule has 0 saturated carbocycles. The SMILES string of the molecule is C=CCC[C@@H](c1cc(F)cc([N+](=O)[O-])c1O)N1CCNCC1. The largest absolute Gasteiger partial charge is 0.502 e. The Kier molecular flexibility index (Phi) is 5.46. The zero-order valence-electron chi connectivity index (χ0n) is 12.3. The van der Waals surface area contributed by atoms with E-state index < -0.39 is 22.2 Å². The van der Waals surface area contributed by atoms with E-state index in [1.54, 1.807) is 6.08 Å². The molecule has 22 heavy (non-hydrogen) atoms. The Morgan fingerprint density at radius 3 is 2.77 bits per heavy atom. The molecule has 1 aliphatic rings. The van der Waals surface area contributed by atoms with Gasteiger partial charge in [0.2, 0.25) is 0 Å². The van der Waals surface area contributed by atoms with Crippen LogP contribution in [0.25, 0.3) is 0 Å². The van der Waals surface area contributed by atoms with Gasteiger partial charge in [0.05, 0.1) is 11.0 Å². The number of hydrogen-bond donors (Lipinski definition) is 2. The Hall–Kier alpha value is -1.99. The van der Waals surface area contributed by atoms with Gasteiger partial charge in [0, 0.05) is 37.8 Å². The van der Waals surface area contributed by atoms with Gasteiger partial charge < -0.3 is 10.4 Å². The first-order chi connectivity index (χ1) is 10.5. The Balaban J connectivity index is 2.41. The highest BCUT2D eigenvalue weighted by Gasteiger charge is 2.28. The van der Waals surface area contributed by atoms with E-state index in [9.17, 15) is 19.6 Å². The molecule has 0 unspecified atom stereocenters. The number of benzene rings is 1. The van der Waals surface area contributed by atoms with Crippen LogP contribution in [0.5, 0.6) is 5.75 Å². The third-order valence-corrected chi connectivity index (χ3v) is 3.88. The zero-order valence-corrected chi connectivity index (χ0v) is 12.3. The summed E-state index contributed by atoms with van der Waals surface area (Å²) in [6, 6.07) is 1.67. The van der Waals surface area contributed by atoms with E-state index in [4.69, 9.17) is 0 Å². The molecule has 1 aliphatic heterocycles. The average molecular weight is 309 g/mol. The summed E-state index contributed by atoms with van der Waals surface area (Å²) < 4.78 is 13.8. The second-order valence-electron chi connectivity index (χ2n) is 5.29. The number of phenolic OH excluding ortho intramolecular Hbond substituents is 1. The molecule has 2 rings (SSSR count). The molecular formula is C15H20FN3O3. The van der Waals surface area contributed by atoms with Gasteiger partial charge in [-0.25, -0.2) is 4.39 Å². The second-order valence-corrected chi connectivity index (χ2v) is 5.29. The van der Waals surface area contributed by atoms with Crippen molar-refractivity contribution in [3.63, 3.8) is 0 Å². The van der Waals surface area contributed by atoms with E-state index in [2.05, 4.69) is 16.8 Å². The van der Waals surface area contributed by atoms with Crippen LogP contribution in [0.15, 0.2) is 24.8 Å². The first-order valence-electron chi connectivity index (χ1n) is 7.27. The highest BCUT2D eigenvalue weighted by molar-refractivity contribution is 5.52. The summed E-state index contributed by atoms with van der Waals surface area (Å²) >= 11 is 0. The summed E-state index contributed by atoms with van der Waals surface area (Å²) in [4.78, 5) is 12.3. The highest BCUT2D eigenvalue weighted by Crippen LogP contribution is 2.39.